The SMILES string of the molecule is CCC(C)C(NC(=O)C(N)CCCCN)C(=O)NC(Cc1ccc(O)cc1)C(=O)NC(Cc1ccc(O)cc1)C(=O)O. The van der Waals surface area contributed by atoms with Gasteiger partial charge in [0.2, 0.25) is 17.7 Å². The van der Waals surface area contributed by atoms with Gasteiger partial charge >= 0.3 is 5.97 Å². The molecule has 0 aromatic heterocycles. The van der Waals surface area contributed by atoms with Crippen molar-refractivity contribution in [3.05, 3.63) is 59.7 Å². The van der Waals surface area contributed by atoms with Crippen molar-refractivity contribution in [3.63, 3.8) is 0 Å². The quantitative estimate of drug-likeness (QED) is 0.124. The number of carbonyl (C=O) groups excluding carboxylic acids is 3. The number of amides is 3. The molecule has 2 rings (SSSR count). The van der Waals surface area contributed by atoms with E-state index in [1.807, 2.05) is 6.92 Å². The summed E-state index contributed by atoms with van der Waals surface area (Å²) in [5.41, 5.74) is 12.7. The van der Waals surface area contributed by atoms with Crippen LogP contribution in [-0.2, 0) is 32.0 Å². The molecule has 2 aromatic carbocycles. The Morgan fingerprint density at radius 3 is 1.74 bits per heavy atom. The van der Waals surface area contributed by atoms with E-state index in [9.17, 15) is 34.5 Å². The number of hydrogen-bond donors (Lipinski definition) is 8. The number of aromatic hydroxyl groups is 2. The van der Waals surface area contributed by atoms with Crippen LogP contribution >= 0.6 is 0 Å². The Morgan fingerprint density at radius 2 is 1.26 bits per heavy atom. The Hall–Kier alpha value is -4.16. The van der Waals surface area contributed by atoms with Gasteiger partial charge in [0.25, 0.3) is 0 Å². The van der Waals surface area contributed by atoms with E-state index in [0.717, 1.165) is 0 Å². The number of carboxylic acids is 1. The number of carboxylic acid groups (broad SMARTS) is 1. The minimum atomic E-state index is -1.32. The van der Waals surface area contributed by atoms with Crippen molar-refractivity contribution in [3.8, 4) is 11.5 Å². The summed E-state index contributed by atoms with van der Waals surface area (Å²) in [5.74, 6) is -3.39. The molecule has 2 aromatic rings. The van der Waals surface area contributed by atoms with Crippen LogP contribution in [0.15, 0.2) is 48.5 Å². The van der Waals surface area contributed by atoms with Crippen LogP contribution in [0.25, 0.3) is 0 Å². The van der Waals surface area contributed by atoms with E-state index >= 15 is 0 Å². The predicted molar refractivity (Wildman–Crippen MR) is 157 cm³/mol. The Balaban J connectivity index is 2.26. The monoisotopic (exact) mass is 585 g/mol. The number of unbranched alkanes of at least 4 members (excludes halogenated alkanes) is 1. The molecule has 42 heavy (non-hydrogen) atoms. The van der Waals surface area contributed by atoms with Gasteiger partial charge in [0.05, 0.1) is 6.04 Å². The highest BCUT2D eigenvalue weighted by Gasteiger charge is 2.32. The molecule has 0 aliphatic rings. The van der Waals surface area contributed by atoms with E-state index in [1.165, 1.54) is 24.3 Å². The van der Waals surface area contributed by atoms with Gasteiger partial charge in [-0.15, -0.1) is 0 Å². The molecule has 0 aliphatic carbocycles. The lowest BCUT2D eigenvalue weighted by Gasteiger charge is -2.28. The van der Waals surface area contributed by atoms with Crippen molar-refractivity contribution in [2.45, 2.75) is 76.5 Å². The molecule has 230 valence electrons. The Labute approximate surface area is 245 Å². The number of hydrogen-bond acceptors (Lipinski definition) is 8. The van der Waals surface area contributed by atoms with Crippen molar-refractivity contribution >= 4 is 23.7 Å². The van der Waals surface area contributed by atoms with Gasteiger partial charge in [-0.05, 0) is 60.7 Å². The average molecular weight is 586 g/mol. The third kappa shape index (κ3) is 11.0. The number of benzene rings is 2. The van der Waals surface area contributed by atoms with E-state index in [4.69, 9.17) is 11.5 Å². The fourth-order valence-corrected chi connectivity index (χ4v) is 4.28. The molecule has 0 saturated heterocycles. The summed E-state index contributed by atoms with van der Waals surface area (Å²) in [6.07, 6.45) is 2.26. The third-order valence-electron chi connectivity index (χ3n) is 7.10. The molecule has 5 atom stereocenters. The van der Waals surface area contributed by atoms with Crippen LogP contribution in [0.2, 0.25) is 0 Å². The lowest BCUT2D eigenvalue weighted by molar-refractivity contribution is -0.142. The largest absolute Gasteiger partial charge is 0.508 e. The zero-order chi connectivity index (χ0) is 31.2. The number of nitrogens with one attached hydrogen (secondary N) is 3. The molecule has 0 spiro atoms. The van der Waals surface area contributed by atoms with Crippen molar-refractivity contribution in [1.29, 1.82) is 0 Å². The molecule has 0 bridgehead atoms. The lowest BCUT2D eigenvalue weighted by Crippen LogP contribution is -2.59. The van der Waals surface area contributed by atoms with E-state index in [0.29, 0.717) is 43.4 Å². The highest BCUT2D eigenvalue weighted by molar-refractivity contribution is 5.94. The smallest absolute Gasteiger partial charge is 0.326 e. The summed E-state index contributed by atoms with van der Waals surface area (Å²) in [7, 11) is 0. The van der Waals surface area contributed by atoms with Gasteiger partial charge in [0.1, 0.15) is 29.6 Å². The number of aliphatic carboxylic acids is 1. The molecule has 0 saturated carbocycles. The fraction of sp³-hybridized carbons (Fsp3) is 0.467. The van der Waals surface area contributed by atoms with Crippen LogP contribution in [0.1, 0.15) is 50.7 Å². The minimum absolute atomic E-state index is 0.0107. The molecule has 0 fully saturated rings. The molecular weight excluding hydrogens is 542 g/mol. The maximum Gasteiger partial charge on any atom is 0.326 e. The van der Waals surface area contributed by atoms with Crippen LogP contribution in [0.4, 0.5) is 0 Å². The van der Waals surface area contributed by atoms with Crippen molar-refractivity contribution in [2.24, 2.45) is 17.4 Å². The summed E-state index contributed by atoms with van der Waals surface area (Å²) in [4.78, 5) is 51.8. The van der Waals surface area contributed by atoms with Gasteiger partial charge in [-0.25, -0.2) is 4.79 Å². The number of phenols is 2. The predicted octanol–water partition coefficient (Wildman–Crippen LogP) is 0.924. The average Bonchev–Trinajstić information content (AvgIpc) is 2.96. The Bertz CT molecular complexity index is 1170. The summed E-state index contributed by atoms with van der Waals surface area (Å²) in [6, 6.07) is 7.62. The van der Waals surface area contributed by atoms with Crippen LogP contribution in [-0.4, -0.2) is 69.7 Å². The second-order valence-corrected chi connectivity index (χ2v) is 10.5. The van der Waals surface area contributed by atoms with Crippen molar-refractivity contribution < 1.29 is 34.5 Å². The Morgan fingerprint density at radius 1 is 0.762 bits per heavy atom. The molecule has 10 N–H and O–H groups in total. The van der Waals surface area contributed by atoms with Gasteiger partial charge < -0.3 is 42.7 Å². The van der Waals surface area contributed by atoms with E-state index < -0.39 is 47.9 Å². The first-order valence-corrected chi connectivity index (χ1v) is 14.1. The van der Waals surface area contributed by atoms with Gasteiger partial charge in [-0.3, -0.25) is 14.4 Å². The van der Waals surface area contributed by atoms with E-state index in [1.54, 1.807) is 31.2 Å². The zero-order valence-electron chi connectivity index (χ0n) is 24.1. The number of carbonyl (C=O) groups is 4. The molecule has 0 radical (unpaired) electrons. The van der Waals surface area contributed by atoms with Gasteiger partial charge in [0, 0.05) is 12.8 Å². The standard InChI is InChI=1S/C30H43N5O7/c1-3-18(2)26(35-27(38)23(32)6-4-5-15-31)29(40)33-24(16-19-7-11-21(36)12-8-19)28(39)34-25(30(41)42)17-20-9-13-22(37)14-10-20/h7-14,18,23-26,36-37H,3-6,15-17,31-32H2,1-2H3,(H,33,40)(H,34,39)(H,35,38)(H,41,42). The van der Waals surface area contributed by atoms with Crippen molar-refractivity contribution in [2.75, 3.05) is 6.54 Å². The first kappa shape index (κ1) is 34.0. The molecule has 12 nitrogen and oxygen atoms in total. The van der Waals surface area contributed by atoms with Crippen LogP contribution in [0.3, 0.4) is 0 Å². The summed E-state index contributed by atoms with van der Waals surface area (Å²) in [6.45, 7) is 4.13. The van der Waals surface area contributed by atoms with Gasteiger partial charge in [-0.2, -0.15) is 0 Å². The molecule has 3 amide bonds. The number of phenolic OH excluding ortho intramolecular Hbond substituents is 2. The summed E-state index contributed by atoms with van der Waals surface area (Å²) < 4.78 is 0. The normalized spacial score (nSPS) is 14.6. The lowest BCUT2D eigenvalue weighted by atomic mass is 9.96. The Kier molecular flexibility index (Phi) is 13.7. The van der Waals surface area contributed by atoms with E-state index in [-0.39, 0.29) is 30.3 Å². The fourth-order valence-electron chi connectivity index (χ4n) is 4.28. The zero-order valence-corrected chi connectivity index (χ0v) is 24.1. The van der Waals surface area contributed by atoms with Gasteiger partial charge in [-0.1, -0.05) is 51.0 Å². The molecule has 12 heteroatoms. The van der Waals surface area contributed by atoms with Gasteiger partial charge in [0.15, 0.2) is 0 Å². The first-order chi connectivity index (χ1) is 19.9. The highest BCUT2D eigenvalue weighted by atomic mass is 16.4. The molecule has 0 heterocycles. The van der Waals surface area contributed by atoms with E-state index in [2.05, 4.69) is 16.0 Å². The first-order valence-electron chi connectivity index (χ1n) is 14.1. The maximum absolute atomic E-state index is 13.5. The highest BCUT2D eigenvalue weighted by Crippen LogP contribution is 2.15. The molecular formula is C30H43N5O7. The summed E-state index contributed by atoms with van der Waals surface area (Å²) >= 11 is 0. The second kappa shape index (κ2) is 16.9. The van der Waals surface area contributed by atoms with Crippen LogP contribution in [0.5, 0.6) is 11.5 Å². The van der Waals surface area contributed by atoms with Crippen molar-refractivity contribution in [1.82, 2.24) is 16.0 Å². The number of rotatable bonds is 17. The van der Waals surface area contributed by atoms with Crippen LogP contribution in [0, 0.1) is 5.92 Å². The topological polar surface area (TPSA) is 217 Å². The third-order valence-corrected chi connectivity index (χ3v) is 7.10. The summed E-state index contributed by atoms with van der Waals surface area (Å²) in [5, 5.41) is 36.9. The maximum atomic E-state index is 13.5. The van der Waals surface area contributed by atoms with Crippen LogP contribution < -0.4 is 27.4 Å². The molecule has 5 unspecified atom stereocenters. The molecule has 0 aliphatic heterocycles. The number of nitrogens with two attached hydrogens (primary N) is 2. The second-order valence-electron chi connectivity index (χ2n) is 10.5. The minimum Gasteiger partial charge on any atom is -0.508 e.